The fraction of sp³-hybridized carbons (Fsp3) is 0.368. The molecule has 2 aliphatic heterocycles. The van der Waals surface area contributed by atoms with E-state index >= 15 is 0 Å². The number of likely N-dealkylation sites (tertiary alicyclic amines) is 1. The van der Waals surface area contributed by atoms with Crippen LogP contribution in [0.3, 0.4) is 0 Å². The van der Waals surface area contributed by atoms with Gasteiger partial charge in [-0.25, -0.2) is 4.79 Å². The number of amides is 3. The molecule has 3 unspecified atom stereocenters. The summed E-state index contributed by atoms with van der Waals surface area (Å²) in [6.07, 6.45) is 1.74. The van der Waals surface area contributed by atoms with Crippen LogP contribution in [0.25, 0.3) is 0 Å². The van der Waals surface area contributed by atoms with E-state index in [1.165, 1.54) is 11.3 Å². The molecule has 0 spiro atoms. The predicted molar refractivity (Wildman–Crippen MR) is 100 cm³/mol. The highest BCUT2D eigenvalue weighted by molar-refractivity contribution is 7.12. The van der Waals surface area contributed by atoms with Crippen LogP contribution >= 0.6 is 11.3 Å². The Labute approximate surface area is 160 Å². The number of thiophene rings is 1. The molecule has 7 nitrogen and oxygen atoms in total. The molecule has 8 heteroatoms. The molecule has 3 heterocycles. The maximum Gasteiger partial charge on any atom is 0.322 e. The zero-order chi connectivity index (χ0) is 18.4. The Balaban J connectivity index is 1.19. The van der Waals surface area contributed by atoms with Crippen molar-refractivity contribution in [3.8, 4) is 11.5 Å². The van der Waals surface area contributed by atoms with E-state index in [0.29, 0.717) is 29.6 Å². The Morgan fingerprint density at radius 1 is 1.15 bits per heavy atom. The van der Waals surface area contributed by atoms with Crippen molar-refractivity contribution >= 4 is 29.0 Å². The van der Waals surface area contributed by atoms with Gasteiger partial charge in [0.1, 0.15) is 0 Å². The molecule has 140 valence electrons. The summed E-state index contributed by atoms with van der Waals surface area (Å²) in [6, 6.07) is 9.29. The van der Waals surface area contributed by atoms with E-state index in [1.807, 2.05) is 28.5 Å². The van der Waals surface area contributed by atoms with E-state index in [2.05, 4.69) is 10.6 Å². The standard InChI is InChI=1S/C19H19N3O4S/c23-18(17-2-1-5-27-17)21-14-8-13-6-11(14)9-22(13)19(24)20-12-3-4-15-16(7-12)26-10-25-15/h1-5,7,11,13-14H,6,8-10H2,(H,20,24)(H,21,23). The topological polar surface area (TPSA) is 79.9 Å². The summed E-state index contributed by atoms with van der Waals surface area (Å²) in [7, 11) is 0. The molecule has 3 aliphatic rings. The minimum atomic E-state index is -0.107. The predicted octanol–water partition coefficient (Wildman–Crippen LogP) is 2.90. The van der Waals surface area contributed by atoms with Crippen LogP contribution in [-0.2, 0) is 0 Å². The van der Waals surface area contributed by atoms with Gasteiger partial charge in [-0.15, -0.1) is 11.3 Å². The SMILES string of the molecule is O=C(NC1CC2CC1CN2C(=O)Nc1ccc2c(c1)OCO2)c1cccs1. The van der Waals surface area contributed by atoms with E-state index in [4.69, 9.17) is 9.47 Å². The molecule has 3 amide bonds. The van der Waals surface area contributed by atoms with Crippen LogP contribution in [0, 0.1) is 5.92 Å². The van der Waals surface area contributed by atoms with Crippen LogP contribution in [0.2, 0.25) is 0 Å². The quantitative estimate of drug-likeness (QED) is 0.851. The number of urea groups is 1. The van der Waals surface area contributed by atoms with Crippen molar-refractivity contribution in [2.75, 3.05) is 18.7 Å². The molecule has 1 aromatic carbocycles. The Kier molecular flexibility index (Phi) is 3.93. The maximum atomic E-state index is 12.7. The fourth-order valence-electron chi connectivity index (χ4n) is 4.20. The van der Waals surface area contributed by atoms with Crippen molar-refractivity contribution in [3.63, 3.8) is 0 Å². The average Bonchev–Trinajstić information content (AvgIpc) is 3.43. The molecule has 1 aliphatic carbocycles. The van der Waals surface area contributed by atoms with E-state index in [0.717, 1.165) is 17.7 Å². The lowest BCUT2D eigenvalue weighted by molar-refractivity contribution is 0.0919. The third kappa shape index (κ3) is 2.99. The highest BCUT2D eigenvalue weighted by atomic mass is 32.1. The lowest BCUT2D eigenvalue weighted by Gasteiger charge is -2.32. The molecular weight excluding hydrogens is 366 g/mol. The van der Waals surface area contributed by atoms with E-state index in [9.17, 15) is 9.59 Å². The second-order valence-corrected chi connectivity index (χ2v) is 8.04. The Bertz CT molecular complexity index is 885. The van der Waals surface area contributed by atoms with Crippen LogP contribution in [0.4, 0.5) is 10.5 Å². The first-order valence-corrected chi connectivity index (χ1v) is 9.87. The monoisotopic (exact) mass is 385 g/mol. The summed E-state index contributed by atoms with van der Waals surface area (Å²) in [5.74, 6) is 1.63. The summed E-state index contributed by atoms with van der Waals surface area (Å²) < 4.78 is 10.6. The van der Waals surface area contributed by atoms with Gasteiger partial charge in [-0.2, -0.15) is 0 Å². The van der Waals surface area contributed by atoms with Gasteiger partial charge in [-0.1, -0.05) is 6.07 Å². The van der Waals surface area contributed by atoms with E-state index in [-0.39, 0.29) is 30.8 Å². The summed E-state index contributed by atoms with van der Waals surface area (Å²) in [4.78, 5) is 27.6. The molecule has 0 radical (unpaired) electrons. The largest absolute Gasteiger partial charge is 0.454 e. The molecule has 27 heavy (non-hydrogen) atoms. The van der Waals surface area contributed by atoms with Gasteiger partial charge in [0, 0.05) is 30.4 Å². The molecule has 1 aromatic heterocycles. The highest BCUT2D eigenvalue weighted by Crippen LogP contribution is 2.39. The number of rotatable bonds is 3. The minimum absolute atomic E-state index is 0.0149. The Morgan fingerprint density at radius 2 is 2.04 bits per heavy atom. The normalized spacial score (nSPS) is 24.9. The Morgan fingerprint density at radius 3 is 2.81 bits per heavy atom. The second kappa shape index (κ2) is 6.45. The third-order valence-corrected chi connectivity index (χ3v) is 6.36. The minimum Gasteiger partial charge on any atom is -0.454 e. The summed E-state index contributed by atoms with van der Waals surface area (Å²) >= 11 is 1.44. The number of hydrogen-bond acceptors (Lipinski definition) is 5. The number of piperidine rings is 1. The van der Waals surface area contributed by atoms with Crippen LogP contribution in [-0.4, -0.2) is 42.3 Å². The van der Waals surface area contributed by atoms with Gasteiger partial charge in [0.25, 0.3) is 5.91 Å². The molecule has 1 saturated heterocycles. The molecule has 5 rings (SSSR count). The number of carbonyl (C=O) groups is 2. The van der Waals surface area contributed by atoms with Gasteiger partial charge < -0.3 is 25.0 Å². The molecule has 1 saturated carbocycles. The van der Waals surface area contributed by atoms with Gasteiger partial charge in [-0.05, 0) is 42.3 Å². The van der Waals surface area contributed by atoms with Gasteiger partial charge in [0.15, 0.2) is 11.5 Å². The second-order valence-electron chi connectivity index (χ2n) is 7.09. The van der Waals surface area contributed by atoms with Gasteiger partial charge in [0.2, 0.25) is 6.79 Å². The van der Waals surface area contributed by atoms with Crippen molar-refractivity contribution in [1.29, 1.82) is 0 Å². The molecule has 2 bridgehead atoms. The first kappa shape index (κ1) is 16.4. The van der Waals surface area contributed by atoms with Gasteiger partial charge >= 0.3 is 6.03 Å². The fourth-order valence-corrected chi connectivity index (χ4v) is 4.82. The molecule has 2 fully saturated rings. The van der Waals surface area contributed by atoms with E-state index in [1.54, 1.807) is 12.1 Å². The lowest BCUT2D eigenvalue weighted by Crippen LogP contribution is -2.48. The van der Waals surface area contributed by atoms with Crippen LogP contribution in [0.5, 0.6) is 11.5 Å². The molecule has 2 N–H and O–H groups in total. The van der Waals surface area contributed by atoms with E-state index < -0.39 is 0 Å². The third-order valence-electron chi connectivity index (χ3n) is 5.49. The van der Waals surface area contributed by atoms with Gasteiger partial charge in [0.05, 0.1) is 4.88 Å². The van der Waals surface area contributed by atoms with Crippen molar-refractivity contribution in [1.82, 2.24) is 10.2 Å². The highest BCUT2D eigenvalue weighted by Gasteiger charge is 2.47. The first-order chi connectivity index (χ1) is 13.2. The van der Waals surface area contributed by atoms with Crippen LogP contribution in [0.1, 0.15) is 22.5 Å². The van der Waals surface area contributed by atoms with Crippen LogP contribution < -0.4 is 20.1 Å². The number of nitrogens with one attached hydrogen (secondary N) is 2. The molecule has 2 aromatic rings. The Hall–Kier alpha value is -2.74. The number of nitrogens with zero attached hydrogens (tertiary/aromatic N) is 1. The van der Waals surface area contributed by atoms with Crippen LogP contribution in [0.15, 0.2) is 35.7 Å². The van der Waals surface area contributed by atoms with Gasteiger partial charge in [-0.3, -0.25) is 4.79 Å². The summed E-state index contributed by atoms with van der Waals surface area (Å²) in [5, 5.41) is 7.98. The summed E-state index contributed by atoms with van der Waals surface area (Å²) in [6.45, 7) is 0.873. The molecular formula is C19H19N3O4S. The number of ether oxygens (including phenoxy) is 2. The number of hydrogen-bond donors (Lipinski definition) is 2. The maximum absolute atomic E-state index is 12.7. The summed E-state index contributed by atoms with van der Waals surface area (Å²) in [5.41, 5.74) is 0.689. The number of fused-ring (bicyclic) bond motifs is 3. The first-order valence-electron chi connectivity index (χ1n) is 8.99. The smallest absolute Gasteiger partial charge is 0.322 e. The number of anilines is 1. The van der Waals surface area contributed by atoms with Crippen molar-refractivity contribution < 1.29 is 19.1 Å². The zero-order valence-electron chi connectivity index (χ0n) is 14.5. The van der Waals surface area contributed by atoms with Crippen molar-refractivity contribution in [2.24, 2.45) is 5.92 Å². The lowest BCUT2D eigenvalue weighted by atomic mass is 10.0. The van der Waals surface area contributed by atoms with Crippen molar-refractivity contribution in [2.45, 2.75) is 24.9 Å². The average molecular weight is 385 g/mol. The zero-order valence-corrected chi connectivity index (χ0v) is 15.3. The number of benzene rings is 1. The number of carbonyl (C=O) groups excluding carboxylic acids is 2. The van der Waals surface area contributed by atoms with Crippen molar-refractivity contribution in [3.05, 3.63) is 40.6 Å². The molecule has 3 atom stereocenters.